The summed E-state index contributed by atoms with van der Waals surface area (Å²) >= 11 is 0. The van der Waals surface area contributed by atoms with Crippen molar-refractivity contribution in [2.75, 3.05) is 20.2 Å². The maximum atomic E-state index is 5.28. The molecule has 2 rings (SSSR count). The lowest BCUT2D eigenvalue weighted by molar-refractivity contribution is 0.261. The van der Waals surface area contributed by atoms with E-state index in [-0.39, 0.29) is 0 Å². The van der Waals surface area contributed by atoms with E-state index in [1.54, 1.807) is 7.11 Å². The highest BCUT2D eigenvalue weighted by Gasteiger charge is 2.07. The van der Waals surface area contributed by atoms with Crippen LogP contribution in [0.5, 0.6) is 5.75 Å². The molecule has 2 heteroatoms. The summed E-state index contributed by atoms with van der Waals surface area (Å²) in [4.78, 5) is 2.61. The molecule has 0 atom stereocenters. The molecule has 0 N–H and O–H groups in total. The van der Waals surface area contributed by atoms with E-state index < -0.39 is 0 Å². The highest BCUT2D eigenvalue weighted by molar-refractivity contribution is 5.27. The van der Waals surface area contributed by atoms with E-state index in [9.17, 15) is 0 Å². The van der Waals surface area contributed by atoms with Crippen LogP contribution in [0.25, 0.3) is 0 Å². The van der Waals surface area contributed by atoms with Crippen LogP contribution in [0.15, 0.2) is 54.6 Å². The monoisotopic (exact) mass is 353 g/mol. The number of benzene rings is 2. The molecule has 0 unspecified atom stereocenters. The van der Waals surface area contributed by atoms with Crippen molar-refractivity contribution < 1.29 is 4.74 Å². The number of unbranched alkanes of at least 4 members (excludes halogenated alkanes) is 5. The molecule has 0 radical (unpaired) electrons. The predicted octanol–water partition coefficient (Wildman–Crippen LogP) is 6.10. The van der Waals surface area contributed by atoms with Gasteiger partial charge >= 0.3 is 0 Å². The van der Waals surface area contributed by atoms with Crippen molar-refractivity contribution in [2.24, 2.45) is 0 Å². The molecule has 2 aromatic rings. The standard InChI is InChI=1S/C24H35NO/c1-3-4-5-6-7-11-19-25(20-18-22-12-9-8-10-13-22)21-23-14-16-24(26-2)17-15-23/h8-10,12-17H,3-7,11,18-21H2,1-2H3. The molecule has 2 nitrogen and oxygen atoms in total. The van der Waals surface area contributed by atoms with E-state index in [1.807, 2.05) is 0 Å². The lowest BCUT2D eigenvalue weighted by Crippen LogP contribution is -2.27. The van der Waals surface area contributed by atoms with Crippen molar-refractivity contribution in [2.45, 2.75) is 58.4 Å². The maximum absolute atomic E-state index is 5.28. The third kappa shape index (κ3) is 8.05. The summed E-state index contributed by atoms with van der Waals surface area (Å²) in [5.41, 5.74) is 2.79. The fraction of sp³-hybridized carbons (Fsp3) is 0.500. The quantitative estimate of drug-likeness (QED) is 0.403. The molecule has 0 aliphatic carbocycles. The fourth-order valence-electron chi connectivity index (χ4n) is 3.31. The Morgan fingerprint density at radius 3 is 2.12 bits per heavy atom. The molecule has 2 aromatic carbocycles. The van der Waals surface area contributed by atoms with Crippen LogP contribution < -0.4 is 4.74 Å². The molecule has 0 saturated heterocycles. The molecule has 0 fully saturated rings. The summed E-state index contributed by atoms with van der Waals surface area (Å²) in [5, 5.41) is 0. The number of hydrogen-bond donors (Lipinski definition) is 0. The number of hydrogen-bond acceptors (Lipinski definition) is 2. The number of rotatable bonds is 13. The maximum Gasteiger partial charge on any atom is 0.118 e. The zero-order valence-electron chi connectivity index (χ0n) is 16.6. The second kappa shape index (κ2) is 12.5. The summed E-state index contributed by atoms with van der Waals surface area (Å²) in [5.74, 6) is 0.931. The largest absolute Gasteiger partial charge is 0.497 e. The Morgan fingerprint density at radius 2 is 1.42 bits per heavy atom. The average Bonchev–Trinajstić information content (AvgIpc) is 2.70. The molecule has 0 aromatic heterocycles. The Kier molecular flexibility index (Phi) is 9.89. The van der Waals surface area contributed by atoms with Gasteiger partial charge in [-0.1, -0.05) is 81.5 Å². The molecule has 0 bridgehead atoms. The SMILES string of the molecule is CCCCCCCCN(CCc1ccccc1)Cc1ccc(OC)cc1. The van der Waals surface area contributed by atoms with Crippen molar-refractivity contribution in [1.29, 1.82) is 0 Å². The van der Waals surface area contributed by atoms with Crippen molar-refractivity contribution in [3.05, 3.63) is 65.7 Å². The van der Waals surface area contributed by atoms with Gasteiger partial charge in [-0.25, -0.2) is 0 Å². The van der Waals surface area contributed by atoms with Gasteiger partial charge in [-0.3, -0.25) is 4.90 Å². The van der Waals surface area contributed by atoms with Crippen LogP contribution in [0.3, 0.4) is 0 Å². The van der Waals surface area contributed by atoms with Gasteiger partial charge in [0.05, 0.1) is 7.11 Å². The van der Waals surface area contributed by atoms with Crippen LogP contribution in [0.1, 0.15) is 56.6 Å². The van der Waals surface area contributed by atoms with Crippen molar-refractivity contribution in [3.8, 4) is 5.75 Å². The third-order valence-electron chi connectivity index (χ3n) is 4.95. The van der Waals surface area contributed by atoms with E-state index >= 15 is 0 Å². The van der Waals surface area contributed by atoms with Crippen LogP contribution in [-0.2, 0) is 13.0 Å². The summed E-state index contributed by atoms with van der Waals surface area (Å²) < 4.78 is 5.28. The van der Waals surface area contributed by atoms with E-state index in [0.717, 1.165) is 25.3 Å². The molecule has 0 amide bonds. The minimum atomic E-state index is 0.931. The molecule has 142 valence electrons. The van der Waals surface area contributed by atoms with Gasteiger partial charge in [-0.05, 0) is 42.6 Å². The molecular weight excluding hydrogens is 318 g/mol. The van der Waals surface area contributed by atoms with Crippen LogP contribution in [0.2, 0.25) is 0 Å². The van der Waals surface area contributed by atoms with Crippen LogP contribution >= 0.6 is 0 Å². The smallest absolute Gasteiger partial charge is 0.118 e. The first-order valence-electron chi connectivity index (χ1n) is 10.2. The first kappa shape index (κ1) is 20.5. The second-order valence-electron chi connectivity index (χ2n) is 7.13. The highest BCUT2D eigenvalue weighted by atomic mass is 16.5. The van der Waals surface area contributed by atoms with Gasteiger partial charge in [0.15, 0.2) is 0 Å². The summed E-state index contributed by atoms with van der Waals surface area (Å²) in [6, 6.07) is 19.3. The first-order valence-corrected chi connectivity index (χ1v) is 10.2. The van der Waals surface area contributed by atoms with Crippen molar-refractivity contribution in [1.82, 2.24) is 4.90 Å². The molecule has 26 heavy (non-hydrogen) atoms. The van der Waals surface area contributed by atoms with E-state index in [2.05, 4.69) is 66.4 Å². The molecule has 0 heterocycles. The van der Waals surface area contributed by atoms with Gasteiger partial charge in [-0.15, -0.1) is 0 Å². The third-order valence-corrected chi connectivity index (χ3v) is 4.95. The summed E-state index contributed by atoms with van der Waals surface area (Å²) in [7, 11) is 1.72. The van der Waals surface area contributed by atoms with E-state index in [4.69, 9.17) is 4.74 Å². The Balaban J connectivity index is 1.84. The number of methoxy groups -OCH3 is 1. The highest BCUT2D eigenvalue weighted by Crippen LogP contribution is 2.14. The van der Waals surface area contributed by atoms with Crippen molar-refractivity contribution in [3.63, 3.8) is 0 Å². The first-order chi connectivity index (χ1) is 12.8. The van der Waals surface area contributed by atoms with Gasteiger partial charge < -0.3 is 4.74 Å². The van der Waals surface area contributed by atoms with Crippen molar-refractivity contribution >= 4 is 0 Å². The van der Waals surface area contributed by atoms with Crippen LogP contribution in [0, 0.1) is 0 Å². The number of nitrogens with zero attached hydrogens (tertiary/aromatic N) is 1. The van der Waals surface area contributed by atoms with Gasteiger partial charge in [0, 0.05) is 13.1 Å². The van der Waals surface area contributed by atoms with Gasteiger partial charge in [0.1, 0.15) is 5.75 Å². The summed E-state index contributed by atoms with van der Waals surface area (Å²) in [6.07, 6.45) is 9.23. The minimum absolute atomic E-state index is 0.931. The van der Waals surface area contributed by atoms with E-state index in [1.165, 1.54) is 56.2 Å². The molecule has 0 spiro atoms. The fourth-order valence-corrected chi connectivity index (χ4v) is 3.31. The molecule has 0 saturated carbocycles. The predicted molar refractivity (Wildman–Crippen MR) is 112 cm³/mol. The lowest BCUT2D eigenvalue weighted by Gasteiger charge is -2.23. The van der Waals surface area contributed by atoms with Gasteiger partial charge in [0.25, 0.3) is 0 Å². The van der Waals surface area contributed by atoms with Crippen LogP contribution in [0.4, 0.5) is 0 Å². The van der Waals surface area contributed by atoms with Gasteiger partial charge in [-0.2, -0.15) is 0 Å². The summed E-state index contributed by atoms with van der Waals surface area (Å²) in [6.45, 7) is 5.60. The minimum Gasteiger partial charge on any atom is -0.497 e. The lowest BCUT2D eigenvalue weighted by atomic mass is 10.1. The Morgan fingerprint density at radius 1 is 0.731 bits per heavy atom. The average molecular weight is 354 g/mol. The topological polar surface area (TPSA) is 12.5 Å². The Bertz CT molecular complexity index is 579. The van der Waals surface area contributed by atoms with Gasteiger partial charge in [0.2, 0.25) is 0 Å². The van der Waals surface area contributed by atoms with Crippen LogP contribution in [-0.4, -0.2) is 25.1 Å². The Hall–Kier alpha value is -1.80. The normalized spacial score (nSPS) is 11.0. The molecule has 0 aliphatic rings. The zero-order valence-corrected chi connectivity index (χ0v) is 16.6. The molecule has 0 aliphatic heterocycles. The second-order valence-corrected chi connectivity index (χ2v) is 7.13. The number of ether oxygens (including phenoxy) is 1. The van der Waals surface area contributed by atoms with E-state index in [0.29, 0.717) is 0 Å². The molecular formula is C24H35NO. The zero-order chi connectivity index (χ0) is 18.5. The Labute approximate surface area is 160 Å².